The second-order valence-corrected chi connectivity index (χ2v) is 17.1. The van der Waals surface area contributed by atoms with Gasteiger partial charge < -0.3 is 25.8 Å². The fraction of sp³-hybridized carbons (Fsp3) is 0.455. The molecule has 0 spiro atoms. The molecule has 6 aromatic rings. The molecule has 4 aliphatic rings. The largest absolute Gasteiger partial charge is 0.368 e. The molecule has 0 amide bonds. The number of pyridine rings is 2. The Morgan fingerprint density at radius 2 is 1.22 bits per heavy atom. The van der Waals surface area contributed by atoms with Gasteiger partial charge in [0.25, 0.3) is 0 Å². The first kappa shape index (κ1) is 38.2. The van der Waals surface area contributed by atoms with E-state index >= 15 is 0 Å². The van der Waals surface area contributed by atoms with Crippen molar-refractivity contribution >= 4 is 34.9 Å². The van der Waals surface area contributed by atoms with Crippen molar-refractivity contribution in [3.8, 4) is 22.5 Å². The number of fused-ring (bicyclic) bond motifs is 6. The molecule has 10 rings (SSSR count). The monoisotopic (exact) mass is 806 g/mol. The van der Waals surface area contributed by atoms with E-state index in [1.54, 1.807) is 0 Å². The molecule has 0 atom stereocenters. The highest BCUT2D eigenvalue weighted by molar-refractivity contribution is 5.77. The lowest BCUT2D eigenvalue weighted by Gasteiger charge is -2.36. The van der Waals surface area contributed by atoms with Crippen LogP contribution >= 0.6 is 0 Å². The second kappa shape index (κ2) is 15.6. The maximum Gasteiger partial charge on any atom is 0.229 e. The van der Waals surface area contributed by atoms with Gasteiger partial charge in [-0.05, 0) is 36.1 Å². The van der Waals surface area contributed by atoms with Crippen LogP contribution in [-0.2, 0) is 33.4 Å². The molecule has 2 aliphatic carbocycles. The van der Waals surface area contributed by atoms with Crippen molar-refractivity contribution in [2.75, 3.05) is 79.3 Å². The summed E-state index contributed by atoms with van der Waals surface area (Å²) < 4.78 is 4.03. The van der Waals surface area contributed by atoms with E-state index in [2.05, 4.69) is 75.5 Å². The number of hydrogen-bond donors (Lipinski definition) is 3. The molecule has 0 radical (unpaired) electrons. The van der Waals surface area contributed by atoms with Crippen molar-refractivity contribution in [3.63, 3.8) is 0 Å². The number of hydrogen-bond acceptors (Lipinski definition) is 14. The number of anilines is 6. The van der Waals surface area contributed by atoms with Crippen molar-refractivity contribution in [1.29, 1.82) is 0 Å². The maximum atomic E-state index is 5.16. The molecule has 16 nitrogen and oxygen atoms in total. The lowest BCUT2D eigenvalue weighted by molar-refractivity contribution is 0.260. The fourth-order valence-corrected chi connectivity index (χ4v) is 9.56. The second-order valence-electron chi connectivity index (χ2n) is 17.1. The Morgan fingerprint density at radius 3 is 1.83 bits per heavy atom. The lowest BCUT2D eigenvalue weighted by atomic mass is 10.0. The topological polar surface area (TPSA) is 159 Å². The van der Waals surface area contributed by atoms with Gasteiger partial charge in [0.2, 0.25) is 11.9 Å². The van der Waals surface area contributed by atoms with Crippen molar-refractivity contribution in [2.45, 2.75) is 58.8 Å². The summed E-state index contributed by atoms with van der Waals surface area (Å²) in [5, 5.41) is 19.9. The van der Waals surface area contributed by atoms with E-state index in [-0.39, 0.29) is 0 Å². The highest BCUT2D eigenvalue weighted by Crippen LogP contribution is 2.42. The van der Waals surface area contributed by atoms with Crippen LogP contribution in [0.2, 0.25) is 0 Å². The van der Waals surface area contributed by atoms with E-state index in [9.17, 15) is 0 Å². The summed E-state index contributed by atoms with van der Waals surface area (Å²) in [4.78, 5) is 36.7. The van der Waals surface area contributed by atoms with Crippen molar-refractivity contribution < 1.29 is 0 Å². The van der Waals surface area contributed by atoms with E-state index in [0.717, 1.165) is 141 Å². The Morgan fingerprint density at radius 1 is 0.633 bits per heavy atom. The Hall–Kier alpha value is -6.00. The first-order chi connectivity index (χ1) is 29.2. The van der Waals surface area contributed by atoms with Crippen LogP contribution in [0.5, 0.6) is 0 Å². The van der Waals surface area contributed by atoms with Crippen LogP contribution in [0.15, 0.2) is 42.9 Å². The minimum absolute atomic E-state index is 0.318. The van der Waals surface area contributed by atoms with Gasteiger partial charge in [0.15, 0.2) is 0 Å². The predicted octanol–water partition coefficient (Wildman–Crippen LogP) is 5.17. The standard InChI is InChI=1S/C44H54N16/c1-26(2)41-37-33(54-56(41)5)21-28-23-48-43(52-39(28)37)50-35-9-8-30(25-46-35)60-19-17-58(18-20-60)14-11-32-31-22-34-38(42(27(3)4)57(6)55-34)40(31)53-44(49-32)51-36-10-7-29(24-47-36)59-15-12-45-13-16-59/h7-10,23-27,45H,11-22H2,1-6H3,(H,46,48,50,52)(H,47,49,51,53). The summed E-state index contributed by atoms with van der Waals surface area (Å²) in [6.07, 6.45) is 8.17. The summed E-state index contributed by atoms with van der Waals surface area (Å²) in [6, 6.07) is 8.32. The quantitative estimate of drug-likeness (QED) is 0.157. The zero-order valence-electron chi connectivity index (χ0n) is 35.5. The molecule has 0 unspecified atom stereocenters. The Kier molecular flexibility index (Phi) is 9.90. The molecule has 2 aliphatic heterocycles. The Labute approximate surface area is 350 Å². The average Bonchev–Trinajstić information content (AvgIpc) is 3.98. The van der Waals surface area contributed by atoms with Gasteiger partial charge in [-0.2, -0.15) is 10.2 Å². The van der Waals surface area contributed by atoms with Crippen molar-refractivity contribution in [3.05, 3.63) is 82.5 Å². The number of piperazine rings is 2. The van der Waals surface area contributed by atoms with Gasteiger partial charge in [0.1, 0.15) is 11.6 Å². The summed E-state index contributed by atoms with van der Waals surface area (Å²) in [5.41, 5.74) is 14.6. The first-order valence-electron chi connectivity index (χ1n) is 21.4. The van der Waals surface area contributed by atoms with Gasteiger partial charge in [-0.25, -0.2) is 29.9 Å². The third kappa shape index (κ3) is 7.10. The number of rotatable bonds is 11. The minimum Gasteiger partial charge on any atom is -0.368 e. The summed E-state index contributed by atoms with van der Waals surface area (Å²) in [5.74, 6) is 3.25. The predicted molar refractivity (Wildman–Crippen MR) is 235 cm³/mol. The molecule has 310 valence electrons. The summed E-state index contributed by atoms with van der Waals surface area (Å²) in [7, 11) is 4.06. The van der Waals surface area contributed by atoms with Crippen LogP contribution in [0, 0.1) is 0 Å². The lowest BCUT2D eigenvalue weighted by Crippen LogP contribution is -2.47. The Bertz CT molecular complexity index is 2520. The third-order valence-electron chi connectivity index (χ3n) is 12.4. The third-order valence-corrected chi connectivity index (χ3v) is 12.4. The maximum absolute atomic E-state index is 5.16. The molecular weight excluding hydrogens is 753 g/mol. The summed E-state index contributed by atoms with van der Waals surface area (Å²) in [6.45, 7) is 17.5. The molecule has 2 fully saturated rings. The zero-order valence-corrected chi connectivity index (χ0v) is 35.5. The van der Waals surface area contributed by atoms with Crippen LogP contribution in [0.25, 0.3) is 22.5 Å². The van der Waals surface area contributed by atoms with E-state index in [4.69, 9.17) is 35.1 Å². The van der Waals surface area contributed by atoms with Crippen molar-refractivity contribution in [2.24, 2.45) is 14.1 Å². The fourth-order valence-electron chi connectivity index (χ4n) is 9.56. The molecule has 2 saturated heterocycles. The van der Waals surface area contributed by atoms with Gasteiger partial charge in [-0.1, -0.05) is 27.7 Å². The van der Waals surface area contributed by atoms with E-state index in [1.165, 1.54) is 22.5 Å². The van der Waals surface area contributed by atoms with Gasteiger partial charge in [0.05, 0.1) is 63.6 Å². The molecule has 60 heavy (non-hydrogen) atoms. The number of aromatic nitrogens is 10. The van der Waals surface area contributed by atoms with Gasteiger partial charge in [0, 0.05) is 121 Å². The smallest absolute Gasteiger partial charge is 0.229 e. The van der Waals surface area contributed by atoms with Crippen LogP contribution in [-0.4, -0.2) is 113 Å². The first-order valence-corrected chi connectivity index (χ1v) is 21.4. The summed E-state index contributed by atoms with van der Waals surface area (Å²) >= 11 is 0. The zero-order chi connectivity index (χ0) is 41.1. The van der Waals surface area contributed by atoms with Crippen LogP contribution in [0.1, 0.15) is 79.1 Å². The van der Waals surface area contributed by atoms with Crippen LogP contribution in [0.3, 0.4) is 0 Å². The van der Waals surface area contributed by atoms with Gasteiger partial charge >= 0.3 is 0 Å². The molecule has 0 aromatic carbocycles. The molecule has 6 aromatic heterocycles. The molecular formula is C44H54N16. The minimum atomic E-state index is 0.318. The molecule has 0 bridgehead atoms. The number of nitrogens with zero attached hydrogens (tertiary/aromatic N) is 13. The molecule has 8 heterocycles. The molecule has 3 N–H and O–H groups in total. The van der Waals surface area contributed by atoms with E-state index in [1.807, 2.05) is 54.2 Å². The highest BCUT2D eigenvalue weighted by Gasteiger charge is 2.33. The number of nitrogens with one attached hydrogen (secondary N) is 3. The molecule has 16 heteroatoms. The van der Waals surface area contributed by atoms with Crippen molar-refractivity contribution in [1.82, 2.24) is 59.7 Å². The van der Waals surface area contributed by atoms with Gasteiger partial charge in [-0.15, -0.1) is 0 Å². The van der Waals surface area contributed by atoms with Gasteiger partial charge in [-0.3, -0.25) is 14.3 Å². The SMILES string of the molecule is CC(C)c1c2c(nn1C)Cc1cnc(Nc3ccc(N4CCN(CCc5nc(Nc6ccc(N7CCNCC7)cn6)nc6c5Cc5nn(C)c(C(C)C)c5-6)CC4)cn3)nc1-2. The van der Waals surface area contributed by atoms with Crippen LogP contribution < -0.4 is 25.8 Å². The van der Waals surface area contributed by atoms with E-state index < -0.39 is 0 Å². The molecule has 0 saturated carbocycles. The average molecular weight is 807 g/mol. The van der Waals surface area contributed by atoms with E-state index in [0.29, 0.717) is 23.7 Å². The normalized spacial score (nSPS) is 16.1. The Balaban J connectivity index is 0.798. The van der Waals surface area contributed by atoms with Crippen LogP contribution in [0.4, 0.5) is 34.9 Å². The highest BCUT2D eigenvalue weighted by atomic mass is 15.3. The number of aryl methyl sites for hydroxylation is 2.